The lowest BCUT2D eigenvalue weighted by molar-refractivity contribution is 0.472. The van der Waals surface area contributed by atoms with Gasteiger partial charge >= 0.3 is 0 Å². The third-order valence-electron chi connectivity index (χ3n) is 3.28. The van der Waals surface area contributed by atoms with E-state index in [4.69, 9.17) is 4.42 Å². The Morgan fingerprint density at radius 1 is 1.25 bits per heavy atom. The molecule has 1 aliphatic rings. The second-order valence-electron chi connectivity index (χ2n) is 4.21. The molecule has 3 heteroatoms. The summed E-state index contributed by atoms with van der Waals surface area (Å²) in [5, 5.41) is 0.757. The summed E-state index contributed by atoms with van der Waals surface area (Å²) in [5.41, 5.74) is 2.47. The highest BCUT2D eigenvalue weighted by molar-refractivity contribution is 9.08. The Balaban J connectivity index is 2.07. The molecule has 0 radical (unpaired) electrons. The van der Waals surface area contributed by atoms with E-state index in [2.05, 4.69) is 45.2 Å². The molecule has 0 atom stereocenters. The van der Waals surface area contributed by atoms with Crippen molar-refractivity contribution in [2.24, 2.45) is 0 Å². The Morgan fingerprint density at radius 2 is 2.00 bits per heavy atom. The number of rotatable bonds is 3. The zero-order chi connectivity index (χ0) is 11.0. The van der Waals surface area contributed by atoms with Gasteiger partial charge in [-0.2, -0.15) is 0 Å². The van der Waals surface area contributed by atoms with Gasteiger partial charge in [-0.05, 0) is 18.4 Å². The van der Waals surface area contributed by atoms with Crippen LogP contribution in [0.2, 0.25) is 0 Å². The van der Waals surface area contributed by atoms with E-state index in [1.54, 1.807) is 6.39 Å². The van der Waals surface area contributed by atoms with Crippen LogP contribution in [0.25, 0.3) is 0 Å². The average molecular weight is 278 g/mol. The summed E-state index contributed by atoms with van der Waals surface area (Å²) in [6, 6.07) is 10.6. The van der Waals surface area contributed by atoms with E-state index in [-0.39, 0.29) is 5.41 Å². The molecule has 0 bridgehead atoms. The minimum Gasteiger partial charge on any atom is -0.447 e. The first-order valence-corrected chi connectivity index (χ1v) is 6.53. The maximum atomic E-state index is 5.60. The van der Waals surface area contributed by atoms with E-state index in [0.29, 0.717) is 0 Å². The van der Waals surface area contributed by atoms with Crippen LogP contribution in [0.3, 0.4) is 0 Å². The fraction of sp³-hybridized carbons (Fsp3) is 0.308. The van der Waals surface area contributed by atoms with Crippen molar-refractivity contribution in [2.45, 2.75) is 23.6 Å². The smallest absolute Gasteiger partial charge is 0.181 e. The lowest BCUT2D eigenvalue weighted by Gasteiger charge is -2.13. The van der Waals surface area contributed by atoms with Crippen LogP contribution in [-0.2, 0) is 10.7 Å². The lowest BCUT2D eigenvalue weighted by Crippen LogP contribution is -2.09. The van der Waals surface area contributed by atoms with Gasteiger partial charge in [0.25, 0.3) is 0 Å². The SMILES string of the molecule is BrCc1ncoc1C1(c2ccccc2)CC1. The van der Waals surface area contributed by atoms with Crippen LogP contribution in [0.5, 0.6) is 0 Å². The van der Waals surface area contributed by atoms with Crippen LogP contribution in [0.4, 0.5) is 0 Å². The molecule has 1 aromatic heterocycles. The second kappa shape index (κ2) is 3.74. The van der Waals surface area contributed by atoms with E-state index in [1.807, 2.05) is 6.07 Å². The Kier molecular flexibility index (Phi) is 2.36. The number of hydrogen-bond donors (Lipinski definition) is 0. The number of nitrogens with zero attached hydrogens (tertiary/aromatic N) is 1. The number of halogens is 1. The van der Waals surface area contributed by atoms with Crippen LogP contribution >= 0.6 is 15.9 Å². The van der Waals surface area contributed by atoms with Crippen LogP contribution in [0, 0.1) is 0 Å². The minimum absolute atomic E-state index is 0.0981. The van der Waals surface area contributed by atoms with Crippen molar-refractivity contribution in [1.29, 1.82) is 0 Å². The predicted octanol–water partition coefficient (Wildman–Crippen LogP) is 3.65. The van der Waals surface area contributed by atoms with Gasteiger partial charge in [0.2, 0.25) is 0 Å². The summed E-state index contributed by atoms with van der Waals surface area (Å²) in [6.45, 7) is 0. The van der Waals surface area contributed by atoms with Crippen LogP contribution in [0.15, 0.2) is 41.1 Å². The molecular weight excluding hydrogens is 266 g/mol. The minimum atomic E-state index is 0.0981. The maximum Gasteiger partial charge on any atom is 0.181 e. The number of aromatic nitrogens is 1. The van der Waals surface area contributed by atoms with Gasteiger partial charge in [0, 0.05) is 5.33 Å². The fourth-order valence-corrected chi connectivity index (χ4v) is 2.68. The van der Waals surface area contributed by atoms with E-state index in [1.165, 1.54) is 5.56 Å². The molecule has 2 nitrogen and oxygen atoms in total. The Labute approximate surface area is 103 Å². The highest BCUT2D eigenvalue weighted by atomic mass is 79.9. The van der Waals surface area contributed by atoms with Crippen molar-refractivity contribution in [3.63, 3.8) is 0 Å². The first-order valence-electron chi connectivity index (χ1n) is 5.41. The monoisotopic (exact) mass is 277 g/mol. The van der Waals surface area contributed by atoms with Crippen LogP contribution in [0.1, 0.15) is 29.9 Å². The van der Waals surface area contributed by atoms with E-state index in [9.17, 15) is 0 Å². The largest absolute Gasteiger partial charge is 0.447 e. The number of benzene rings is 1. The Morgan fingerprint density at radius 3 is 2.62 bits per heavy atom. The van der Waals surface area contributed by atoms with Gasteiger partial charge in [-0.15, -0.1) is 0 Å². The third-order valence-corrected chi connectivity index (χ3v) is 3.81. The molecule has 0 aliphatic heterocycles. The van der Waals surface area contributed by atoms with E-state index >= 15 is 0 Å². The Bertz CT molecular complexity index is 488. The third kappa shape index (κ3) is 1.42. The quantitative estimate of drug-likeness (QED) is 0.801. The average Bonchev–Trinajstić information content (AvgIpc) is 3.02. The zero-order valence-corrected chi connectivity index (χ0v) is 10.4. The highest BCUT2D eigenvalue weighted by Crippen LogP contribution is 2.54. The number of hydrogen-bond acceptors (Lipinski definition) is 2. The van der Waals surface area contributed by atoms with Gasteiger partial charge in [0.15, 0.2) is 6.39 Å². The molecule has 2 aromatic rings. The van der Waals surface area contributed by atoms with Crippen molar-refractivity contribution in [1.82, 2.24) is 4.98 Å². The summed E-state index contributed by atoms with van der Waals surface area (Å²) < 4.78 is 5.60. The second-order valence-corrected chi connectivity index (χ2v) is 4.77. The number of alkyl halides is 1. The standard InChI is InChI=1S/C13H12BrNO/c14-8-11-12(16-9-15-11)13(6-7-13)10-4-2-1-3-5-10/h1-5,9H,6-8H2. The van der Waals surface area contributed by atoms with E-state index in [0.717, 1.165) is 29.6 Å². The van der Waals surface area contributed by atoms with Crippen molar-refractivity contribution < 1.29 is 4.42 Å². The molecule has 0 spiro atoms. The van der Waals surface area contributed by atoms with Crippen molar-refractivity contribution >= 4 is 15.9 Å². The van der Waals surface area contributed by atoms with Crippen molar-refractivity contribution in [2.75, 3.05) is 0 Å². The summed E-state index contributed by atoms with van der Waals surface area (Å²) in [7, 11) is 0. The van der Waals surface area contributed by atoms with E-state index < -0.39 is 0 Å². The van der Waals surface area contributed by atoms with Gasteiger partial charge < -0.3 is 4.42 Å². The molecule has 16 heavy (non-hydrogen) atoms. The molecule has 0 unspecified atom stereocenters. The van der Waals surface area contributed by atoms with Crippen molar-refractivity contribution in [3.05, 3.63) is 53.7 Å². The topological polar surface area (TPSA) is 26.0 Å². The van der Waals surface area contributed by atoms with Crippen LogP contribution in [-0.4, -0.2) is 4.98 Å². The molecule has 1 saturated carbocycles. The van der Waals surface area contributed by atoms with Gasteiger partial charge in [0.05, 0.1) is 11.1 Å². The normalized spacial score (nSPS) is 17.3. The predicted molar refractivity (Wildman–Crippen MR) is 65.6 cm³/mol. The molecule has 82 valence electrons. The molecule has 1 heterocycles. The highest BCUT2D eigenvalue weighted by Gasteiger charge is 2.50. The maximum absolute atomic E-state index is 5.60. The van der Waals surface area contributed by atoms with Gasteiger partial charge in [0.1, 0.15) is 5.76 Å². The summed E-state index contributed by atoms with van der Waals surface area (Å²) >= 11 is 3.46. The fourth-order valence-electron chi connectivity index (χ4n) is 2.28. The van der Waals surface area contributed by atoms with Crippen LogP contribution < -0.4 is 0 Å². The molecule has 1 fully saturated rings. The molecule has 0 saturated heterocycles. The number of oxazole rings is 1. The van der Waals surface area contributed by atoms with Gasteiger partial charge in [-0.1, -0.05) is 46.3 Å². The summed E-state index contributed by atoms with van der Waals surface area (Å²) in [5.74, 6) is 1.04. The molecule has 1 aliphatic carbocycles. The molecule has 3 rings (SSSR count). The lowest BCUT2D eigenvalue weighted by atomic mass is 9.92. The Hall–Kier alpha value is -1.09. The van der Waals surface area contributed by atoms with Gasteiger partial charge in [-0.3, -0.25) is 0 Å². The first-order chi connectivity index (χ1) is 7.87. The summed E-state index contributed by atoms with van der Waals surface area (Å²) in [4.78, 5) is 4.25. The molecule has 1 aromatic carbocycles. The zero-order valence-electron chi connectivity index (χ0n) is 8.82. The molecule has 0 N–H and O–H groups in total. The van der Waals surface area contributed by atoms with Gasteiger partial charge in [-0.25, -0.2) is 4.98 Å². The summed E-state index contributed by atoms with van der Waals surface area (Å²) in [6.07, 6.45) is 3.87. The molecule has 0 amide bonds. The first kappa shape index (κ1) is 10.1. The van der Waals surface area contributed by atoms with Crippen molar-refractivity contribution in [3.8, 4) is 0 Å². The molecular formula is C13H12BrNO.